The van der Waals surface area contributed by atoms with Crippen molar-refractivity contribution < 1.29 is 14.9 Å². The quantitative estimate of drug-likeness (QED) is 0.635. The van der Waals surface area contributed by atoms with Crippen LogP contribution in [0.1, 0.15) is 19.5 Å². The molecule has 0 amide bonds. The number of aromatic hydroxyl groups is 1. The van der Waals surface area contributed by atoms with E-state index in [-0.39, 0.29) is 12.4 Å². The summed E-state index contributed by atoms with van der Waals surface area (Å²) in [5.74, 6) is 0.963. The van der Waals surface area contributed by atoms with Gasteiger partial charge in [-0.05, 0) is 12.1 Å². The second kappa shape index (κ2) is 9.29. The lowest BCUT2D eigenvalue weighted by molar-refractivity contribution is 0.122. The number of ether oxygens (including phenoxy) is 1. The van der Waals surface area contributed by atoms with Gasteiger partial charge >= 0.3 is 0 Å². The number of aliphatic hydroxyl groups is 1. The lowest BCUT2D eigenvalue weighted by Crippen LogP contribution is -2.37. The van der Waals surface area contributed by atoms with Gasteiger partial charge in [0.25, 0.3) is 0 Å². The zero-order valence-corrected chi connectivity index (χ0v) is 16.1. The summed E-state index contributed by atoms with van der Waals surface area (Å²) in [7, 11) is 0. The Morgan fingerprint density at radius 3 is 2.75 bits per heavy atom. The number of H-pyrrole nitrogens is 1. The molecule has 8 heteroatoms. The van der Waals surface area contributed by atoms with Gasteiger partial charge < -0.3 is 19.8 Å². The lowest BCUT2D eigenvalue weighted by atomic mass is 10.1. The number of anilines is 1. The molecular formula is C20H25N5O3. The molecular weight excluding hydrogens is 358 g/mol. The van der Waals surface area contributed by atoms with Gasteiger partial charge in [-0.1, -0.05) is 32.1 Å². The molecule has 0 bridgehead atoms. The fourth-order valence-corrected chi connectivity index (χ4v) is 3.02. The van der Waals surface area contributed by atoms with Crippen LogP contribution in [0, 0.1) is 0 Å². The number of benzene rings is 1. The van der Waals surface area contributed by atoms with Gasteiger partial charge in [0.15, 0.2) is 17.4 Å². The number of hydrogen-bond donors (Lipinski definition) is 3. The molecule has 28 heavy (non-hydrogen) atoms. The Labute approximate surface area is 163 Å². The van der Waals surface area contributed by atoms with Gasteiger partial charge in [0.1, 0.15) is 5.69 Å². The number of aromatic nitrogens is 4. The van der Waals surface area contributed by atoms with Crippen LogP contribution in [-0.2, 0) is 4.74 Å². The van der Waals surface area contributed by atoms with Gasteiger partial charge in [0.2, 0.25) is 0 Å². The Hall–Kier alpha value is -2.97. The SMILES string of the molecule is CC.OC/C=C/c1nc(-c2cccc3[nH]ncc23)nc(N2CCOCC2)c1O. The maximum Gasteiger partial charge on any atom is 0.184 e. The van der Waals surface area contributed by atoms with E-state index in [0.717, 1.165) is 16.5 Å². The maximum absolute atomic E-state index is 10.7. The first kappa shape index (κ1) is 19.8. The number of hydrogen-bond acceptors (Lipinski definition) is 7. The number of rotatable bonds is 4. The Morgan fingerprint density at radius 2 is 2.00 bits per heavy atom. The summed E-state index contributed by atoms with van der Waals surface area (Å²) >= 11 is 0. The zero-order valence-electron chi connectivity index (χ0n) is 16.1. The van der Waals surface area contributed by atoms with E-state index in [1.54, 1.807) is 12.3 Å². The third-order valence-electron chi connectivity index (χ3n) is 4.31. The van der Waals surface area contributed by atoms with Gasteiger partial charge in [-0.25, -0.2) is 9.97 Å². The number of fused-ring (bicyclic) bond motifs is 1. The van der Waals surface area contributed by atoms with Crippen molar-refractivity contribution >= 4 is 22.8 Å². The van der Waals surface area contributed by atoms with E-state index in [2.05, 4.69) is 20.2 Å². The van der Waals surface area contributed by atoms with Crippen molar-refractivity contribution in [2.24, 2.45) is 0 Å². The van der Waals surface area contributed by atoms with E-state index >= 15 is 0 Å². The molecule has 3 aromatic rings. The average molecular weight is 383 g/mol. The molecule has 8 nitrogen and oxygen atoms in total. The van der Waals surface area contributed by atoms with Gasteiger partial charge in [0, 0.05) is 24.0 Å². The second-order valence-corrected chi connectivity index (χ2v) is 5.93. The molecule has 0 atom stereocenters. The van der Waals surface area contributed by atoms with Gasteiger partial charge in [-0.3, -0.25) is 5.10 Å². The minimum atomic E-state index is -0.136. The summed E-state index contributed by atoms with van der Waals surface area (Å²) in [6, 6.07) is 5.76. The van der Waals surface area contributed by atoms with Gasteiger partial charge in [-0.15, -0.1) is 0 Å². The van der Waals surface area contributed by atoms with Crippen LogP contribution < -0.4 is 4.90 Å². The zero-order chi connectivity index (χ0) is 19.9. The molecule has 0 unspecified atom stereocenters. The van der Waals surface area contributed by atoms with Crippen molar-refractivity contribution in [1.29, 1.82) is 0 Å². The molecule has 3 N–H and O–H groups in total. The first-order chi connectivity index (χ1) is 13.8. The highest BCUT2D eigenvalue weighted by atomic mass is 16.5. The molecule has 0 aliphatic carbocycles. The summed E-state index contributed by atoms with van der Waals surface area (Å²) in [4.78, 5) is 11.1. The monoisotopic (exact) mass is 383 g/mol. The summed E-state index contributed by atoms with van der Waals surface area (Å²) in [5, 5.41) is 27.7. The van der Waals surface area contributed by atoms with E-state index in [9.17, 15) is 5.11 Å². The van der Waals surface area contributed by atoms with Crippen molar-refractivity contribution in [3.63, 3.8) is 0 Å². The molecule has 1 fully saturated rings. The van der Waals surface area contributed by atoms with Crippen molar-refractivity contribution in [3.05, 3.63) is 36.2 Å². The van der Waals surface area contributed by atoms with E-state index in [1.807, 2.05) is 36.9 Å². The van der Waals surface area contributed by atoms with Gasteiger partial charge in [0.05, 0.1) is 31.5 Å². The number of morpholine rings is 1. The molecule has 148 valence electrons. The maximum atomic E-state index is 10.7. The number of nitrogens with zero attached hydrogens (tertiary/aromatic N) is 4. The predicted octanol–water partition coefficient (Wildman–Crippen LogP) is 2.59. The van der Waals surface area contributed by atoms with Crippen molar-refractivity contribution in [2.45, 2.75) is 13.8 Å². The topological polar surface area (TPSA) is 107 Å². The number of aromatic amines is 1. The molecule has 1 saturated heterocycles. The normalized spacial score (nSPS) is 14.3. The van der Waals surface area contributed by atoms with Crippen LogP contribution in [0.5, 0.6) is 5.75 Å². The first-order valence-electron chi connectivity index (χ1n) is 9.41. The number of aliphatic hydroxyl groups excluding tert-OH is 1. The molecule has 0 saturated carbocycles. The first-order valence-corrected chi connectivity index (χ1v) is 9.41. The minimum Gasteiger partial charge on any atom is -0.503 e. The average Bonchev–Trinajstić information content (AvgIpc) is 3.24. The summed E-state index contributed by atoms with van der Waals surface area (Å²) < 4.78 is 5.39. The van der Waals surface area contributed by atoms with E-state index in [0.29, 0.717) is 43.6 Å². The van der Waals surface area contributed by atoms with Crippen LogP contribution in [0.3, 0.4) is 0 Å². The van der Waals surface area contributed by atoms with E-state index < -0.39 is 0 Å². The van der Waals surface area contributed by atoms with E-state index in [1.165, 1.54) is 6.08 Å². The Morgan fingerprint density at radius 1 is 1.21 bits per heavy atom. The molecule has 1 aromatic carbocycles. The Balaban J connectivity index is 0.00000109. The van der Waals surface area contributed by atoms with E-state index in [4.69, 9.17) is 9.84 Å². The lowest BCUT2D eigenvalue weighted by Gasteiger charge is -2.28. The van der Waals surface area contributed by atoms with Crippen molar-refractivity contribution in [2.75, 3.05) is 37.8 Å². The van der Waals surface area contributed by atoms with Crippen LogP contribution in [0.15, 0.2) is 30.5 Å². The Kier molecular flexibility index (Phi) is 6.57. The minimum absolute atomic E-state index is 0.000261. The van der Waals surface area contributed by atoms with Crippen LogP contribution >= 0.6 is 0 Å². The largest absolute Gasteiger partial charge is 0.503 e. The predicted molar refractivity (Wildman–Crippen MR) is 109 cm³/mol. The van der Waals surface area contributed by atoms with Crippen LogP contribution in [0.25, 0.3) is 28.4 Å². The van der Waals surface area contributed by atoms with Crippen LogP contribution in [-0.4, -0.2) is 63.3 Å². The third kappa shape index (κ3) is 3.97. The third-order valence-corrected chi connectivity index (χ3v) is 4.31. The second-order valence-electron chi connectivity index (χ2n) is 5.93. The molecule has 4 rings (SSSR count). The molecule has 0 radical (unpaired) electrons. The Bertz CT molecular complexity index is 948. The highest BCUT2D eigenvalue weighted by molar-refractivity contribution is 5.92. The highest BCUT2D eigenvalue weighted by Crippen LogP contribution is 2.34. The van der Waals surface area contributed by atoms with Crippen LogP contribution in [0.2, 0.25) is 0 Å². The fraction of sp³-hybridized carbons (Fsp3) is 0.350. The summed E-state index contributed by atoms with van der Waals surface area (Å²) in [5.41, 5.74) is 2.08. The molecule has 2 aromatic heterocycles. The smallest absolute Gasteiger partial charge is 0.184 e. The molecule has 0 spiro atoms. The summed E-state index contributed by atoms with van der Waals surface area (Å²) in [6.07, 6.45) is 4.87. The standard InChI is InChI=1S/C18H19N5O3.C2H6/c24-8-2-5-15-16(25)18(23-6-9-26-10-7-23)21-17(20-15)12-3-1-4-14-13(12)11-19-22-14;1-2/h1-5,11,24-25H,6-10H2,(H,19,22);1-2H3/b5-2+;. The van der Waals surface area contributed by atoms with Gasteiger partial charge in [-0.2, -0.15) is 5.10 Å². The molecule has 3 heterocycles. The summed E-state index contributed by atoms with van der Waals surface area (Å²) in [6.45, 7) is 6.31. The highest BCUT2D eigenvalue weighted by Gasteiger charge is 2.21. The fourth-order valence-electron chi connectivity index (χ4n) is 3.02. The van der Waals surface area contributed by atoms with Crippen molar-refractivity contribution in [1.82, 2.24) is 20.2 Å². The van der Waals surface area contributed by atoms with Crippen LogP contribution in [0.4, 0.5) is 5.82 Å². The molecule has 1 aliphatic rings. The molecule has 1 aliphatic heterocycles. The number of nitrogens with one attached hydrogen (secondary N) is 1. The van der Waals surface area contributed by atoms with Crippen molar-refractivity contribution in [3.8, 4) is 17.1 Å².